The number of piperazine rings is 1. The number of hydrogen-bond donors (Lipinski definition) is 1. The highest BCUT2D eigenvalue weighted by molar-refractivity contribution is 6.43. The summed E-state index contributed by atoms with van der Waals surface area (Å²) in [6, 6.07) is 0.270. The average Bonchev–Trinajstić information content (AvgIpc) is 2.41. The Morgan fingerprint density at radius 1 is 1.20 bits per heavy atom. The van der Waals surface area contributed by atoms with Gasteiger partial charge in [-0.2, -0.15) is 0 Å². The highest BCUT2D eigenvalue weighted by Gasteiger charge is 2.36. The van der Waals surface area contributed by atoms with Gasteiger partial charge in [-0.15, -0.1) is 0 Å². The minimum atomic E-state index is 0.270. The molecule has 0 unspecified atom stereocenters. The van der Waals surface area contributed by atoms with Gasteiger partial charge in [-0.25, -0.2) is 4.98 Å². The smallest absolute Gasteiger partial charge is 0.148 e. The van der Waals surface area contributed by atoms with Gasteiger partial charge in [0, 0.05) is 44.0 Å². The Labute approximate surface area is 134 Å². The van der Waals surface area contributed by atoms with Crippen LogP contribution in [0.4, 0.5) is 0 Å². The van der Waals surface area contributed by atoms with Crippen molar-refractivity contribution in [2.45, 2.75) is 25.3 Å². The van der Waals surface area contributed by atoms with Gasteiger partial charge in [0.25, 0.3) is 0 Å². The van der Waals surface area contributed by atoms with Gasteiger partial charge < -0.3 is 5.32 Å². The van der Waals surface area contributed by atoms with Crippen LogP contribution in [-0.4, -0.2) is 36.1 Å². The van der Waals surface area contributed by atoms with Crippen molar-refractivity contribution in [3.05, 3.63) is 27.0 Å². The molecule has 2 fully saturated rings. The standard InChI is InChI=1S/C14H18Cl3N3/c15-10-8-19-14(17)12(16)11(10)13(9-2-1-3-9)20-6-4-18-5-7-20/h8-9,13,18H,1-7H2/t13-/m0/s1. The van der Waals surface area contributed by atoms with Crippen molar-refractivity contribution in [1.29, 1.82) is 0 Å². The minimum Gasteiger partial charge on any atom is -0.314 e. The maximum absolute atomic E-state index is 6.42. The van der Waals surface area contributed by atoms with Gasteiger partial charge in [0.15, 0.2) is 0 Å². The van der Waals surface area contributed by atoms with E-state index in [1.54, 1.807) is 6.20 Å². The summed E-state index contributed by atoms with van der Waals surface area (Å²) in [5.74, 6) is 0.626. The monoisotopic (exact) mass is 333 g/mol. The molecule has 1 aliphatic carbocycles. The van der Waals surface area contributed by atoms with Crippen molar-refractivity contribution in [3.8, 4) is 0 Å². The van der Waals surface area contributed by atoms with E-state index in [-0.39, 0.29) is 6.04 Å². The van der Waals surface area contributed by atoms with E-state index in [9.17, 15) is 0 Å². The zero-order chi connectivity index (χ0) is 14.1. The van der Waals surface area contributed by atoms with E-state index in [1.165, 1.54) is 19.3 Å². The van der Waals surface area contributed by atoms with Crippen LogP contribution in [0.15, 0.2) is 6.20 Å². The Morgan fingerprint density at radius 2 is 1.90 bits per heavy atom. The first-order valence-corrected chi connectivity index (χ1v) is 8.26. The second-order valence-electron chi connectivity index (χ2n) is 5.55. The van der Waals surface area contributed by atoms with Crippen LogP contribution in [0, 0.1) is 5.92 Å². The summed E-state index contributed by atoms with van der Waals surface area (Å²) in [5.41, 5.74) is 0.972. The van der Waals surface area contributed by atoms with E-state index in [1.807, 2.05) is 0 Å². The molecule has 1 saturated heterocycles. The molecule has 1 N–H and O–H groups in total. The van der Waals surface area contributed by atoms with Gasteiger partial charge in [-0.05, 0) is 18.8 Å². The van der Waals surface area contributed by atoms with Gasteiger partial charge in [-0.3, -0.25) is 4.90 Å². The van der Waals surface area contributed by atoms with Crippen LogP contribution in [0.3, 0.4) is 0 Å². The molecular formula is C14H18Cl3N3. The molecule has 3 rings (SSSR count). The fourth-order valence-corrected chi connectivity index (χ4v) is 3.88. The molecular weight excluding hydrogens is 317 g/mol. The fraction of sp³-hybridized carbons (Fsp3) is 0.643. The molecule has 0 radical (unpaired) electrons. The van der Waals surface area contributed by atoms with Crippen LogP contribution in [0.25, 0.3) is 0 Å². The number of rotatable bonds is 3. The number of hydrogen-bond acceptors (Lipinski definition) is 3. The third-order valence-electron chi connectivity index (χ3n) is 4.40. The number of aromatic nitrogens is 1. The molecule has 20 heavy (non-hydrogen) atoms. The van der Waals surface area contributed by atoms with Crippen LogP contribution in [0.5, 0.6) is 0 Å². The lowest BCUT2D eigenvalue weighted by molar-refractivity contribution is 0.0838. The maximum Gasteiger partial charge on any atom is 0.148 e. The van der Waals surface area contributed by atoms with Crippen molar-refractivity contribution in [1.82, 2.24) is 15.2 Å². The Hall–Kier alpha value is -0.0600. The Kier molecular flexibility index (Phi) is 4.73. The van der Waals surface area contributed by atoms with Gasteiger partial charge in [0.2, 0.25) is 0 Å². The third-order valence-corrected chi connectivity index (χ3v) is 5.47. The van der Waals surface area contributed by atoms with Crippen molar-refractivity contribution < 1.29 is 0 Å². The summed E-state index contributed by atoms with van der Waals surface area (Å²) in [6.07, 6.45) is 5.39. The van der Waals surface area contributed by atoms with Crippen molar-refractivity contribution in [2.75, 3.05) is 26.2 Å². The van der Waals surface area contributed by atoms with E-state index in [0.717, 1.165) is 31.7 Å². The first-order valence-electron chi connectivity index (χ1n) is 7.12. The summed E-state index contributed by atoms with van der Waals surface area (Å²) in [4.78, 5) is 6.53. The number of nitrogens with zero attached hydrogens (tertiary/aromatic N) is 2. The Morgan fingerprint density at radius 3 is 2.50 bits per heavy atom. The molecule has 2 heterocycles. The van der Waals surface area contributed by atoms with Crippen LogP contribution in [0.1, 0.15) is 30.9 Å². The lowest BCUT2D eigenvalue weighted by Gasteiger charge is -2.43. The van der Waals surface area contributed by atoms with Crippen LogP contribution < -0.4 is 5.32 Å². The number of halogens is 3. The second-order valence-corrected chi connectivity index (χ2v) is 6.69. The van der Waals surface area contributed by atoms with Crippen LogP contribution in [0.2, 0.25) is 15.2 Å². The maximum atomic E-state index is 6.42. The molecule has 0 amide bonds. The second kappa shape index (κ2) is 6.37. The predicted molar refractivity (Wildman–Crippen MR) is 83.8 cm³/mol. The average molecular weight is 335 g/mol. The Balaban J connectivity index is 1.98. The first kappa shape index (κ1) is 14.9. The Bertz CT molecular complexity index is 485. The fourth-order valence-electron chi connectivity index (χ4n) is 3.16. The van der Waals surface area contributed by atoms with Crippen LogP contribution >= 0.6 is 34.8 Å². The normalized spacial score (nSPS) is 22.6. The lowest BCUT2D eigenvalue weighted by Crippen LogP contribution is -2.48. The molecule has 0 aromatic carbocycles. The summed E-state index contributed by atoms with van der Waals surface area (Å²) in [5, 5.41) is 4.90. The van der Waals surface area contributed by atoms with Crippen molar-refractivity contribution >= 4 is 34.8 Å². The van der Waals surface area contributed by atoms with Gasteiger partial charge in [0.05, 0.1) is 10.0 Å². The van der Waals surface area contributed by atoms with Crippen molar-refractivity contribution in [3.63, 3.8) is 0 Å². The van der Waals surface area contributed by atoms with Crippen molar-refractivity contribution in [2.24, 2.45) is 5.92 Å². The third kappa shape index (κ3) is 2.79. The van der Waals surface area contributed by atoms with Crippen LogP contribution in [-0.2, 0) is 0 Å². The van der Waals surface area contributed by atoms with E-state index in [0.29, 0.717) is 21.1 Å². The van der Waals surface area contributed by atoms with E-state index in [2.05, 4.69) is 15.2 Å². The first-order chi connectivity index (χ1) is 9.68. The minimum absolute atomic E-state index is 0.270. The quantitative estimate of drug-likeness (QED) is 0.853. The summed E-state index contributed by atoms with van der Waals surface area (Å²) in [7, 11) is 0. The predicted octanol–water partition coefficient (Wildman–Crippen LogP) is 3.79. The number of pyridine rings is 1. The zero-order valence-electron chi connectivity index (χ0n) is 11.2. The van der Waals surface area contributed by atoms with Gasteiger partial charge >= 0.3 is 0 Å². The summed E-state index contributed by atoms with van der Waals surface area (Å²) < 4.78 is 0. The molecule has 1 aromatic heterocycles. The highest BCUT2D eigenvalue weighted by Crippen LogP contribution is 2.46. The zero-order valence-corrected chi connectivity index (χ0v) is 13.5. The molecule has 1 aliphatic heterocycles. The van der Waals surface area contributed by atoms with E-state index in [4.69, 9.17) is 34.8 Å². The molecule has 3 nitrogen and oxygen atoms in total. The SMILES string of the molecule is Clc1cnc(Cl)c(Cl)c1[C@H](C1CCC1)N1CCNCC1. The molecule has 0 spiro atoms. The van der Waals surface area contributed by atoms with E-state index >= 15 is 0 Å². The topological polar surface area (TPSA) is 28.2 Å². The molecule has 1 aromatic rings. The van der Waals surface area contributed by atoms with E-state index < -0.39 is 0 Å². The molecule has 0 bridgehead atoms. The van der Waals surface area contributed by atoms with Gasteiger partial charge in [-0.1, -0.05) is 41.2 Å². The number of nitrogens with one attached hydrogen (secondary N) is 1. The molecule has 6 heteroatoms. The summed E-state index contributed by atoms with van der Waals surface area (Å²) >= 11 is 18.9. The highest BCUT2D eigenvalue weighted by atomic mass is 35.5. The lowest BCUT2D eigenvalue weighted by atomic mass is 9.76. The van der Waals surface area contributed by atoms with Gasteiger partial charge in [0.1, 0.15) is 5.15 Å². The molecule has 110 valence electrons. The largest absolute Gasteiger partial charge is 0.314 e. The molecule has 1 atom stereocenters. The summed E-state index contributed by atoms with van der Waals surface area (Å²) in [6.45, 7) is 4.07. The molecule has 2 aliphatic rings. The molecule has 1 saturated carbocycles.